The van der Waals surface area contributed by atoms with Crippen LogP contribution < -0.4 is 14.8 Å². The molecule has 146 valence electrons. The number of hydrogen-bond acceptors (Lipinski definition) is 4. The van der Waals surface area contributed by atoms with Gasteiger partial charge >= 0.3 is 0 Å². The van der Waals surface area contributed by atoms with Gasteiger partial charge in [-0.25, -0.2) is 0 Å². The van der Waals surface area contributed by atoms with Gasteiger partial charge in [0.2, 0.25) is 0 Å². The molecule has 0 aliphatic carbocycles. The van der Waals surface area contributed by atoms with Crippen LogP contribution >= 0.6 is 0 Å². The van der Waals surface area contributed by atoms with E-state index in [0.717, 1.165) is 27.8 Å². The summed E-state index contributed by atoms with van der Waals surface area (Å²) in [7, 11) is 1.61. The number of carbonyl (C=O) groups excluding carboxylic acids is 1. The smallest absolute Gasteiger partial charge is 0.287 e. The zero-order valence-electron chi connectivity index (χ0n) is 16.1. The lowest BCUT2D eigenvalue weighted by atomic mass is 10.1. The van der Waals surface area contributed by atoms with Gasteiger partial charge in [-0.05, 0) is 52.7 Å². The van der Waals surface area contributed by atoms with Crippen LogP contribution in [0, 0.1) is 0 Å². The highest BCUT2D eigenvalue weighted by Crippen LogP contribution is 2.22. The number of methoxy groups -OCH3 is 1. The third-order valence-corrected chi connectivity index (χ3v) is 4.57. The minimum Gasteiger partial charge on any atom is -0.497 e. The van der Waals surface area contributed by atoms with E-state index in [1.165, 1.54) is 0 Å². The predicted molar refractivity (Wildman–Crippen MR) is 111 cm³/mol. The number of hydrogen-bond donors (Lipinski definition) is 1. The molecule has 0 spiro atoms. The number of ether oxygens (including phenoxy) is 2. The van der Waals surface area contributed by atoms with Crippen molar-refractivity contribution in [3.63, 3.8) is 0 Å². The number of amides is 1. The number of carbonyl (C=O) groups is 1. The van der Waals surface area contributed by atoms with E-state index in [1.54, 1.807) is 19.2 Å². The number of nitrogens with one attached hydrogen (secondary N) is 1. The first-order chi connectivity index (χ1) is 14.2. The van der Waals surface area contributed by atoms with Gasteiger partial charge in [-0.15, -0.1) is 0 Å². The summed E-state index contributed by atoms with van der Waals surface area (Å²) in [6, 6.07) is 25.0. The maximum absolute atomic E-state index is 12.3. The Morgan fingerprint density at radius 2 is 1.76 bits per heavy atom. The van der Waals surface area contributed by atoms with Crippen molar-refractivity contribution in [3.8, 4) is 11.5 Å². The summed E-state index contributed by atoms with van der Waals surface area (Å²) in [4.78, 5) is 12.3. The van der Waals surface area contributed by atoms with E-state index in [-0.39, 0.29) is 18.3 Å². The molecular weight excluding hydrogens is 366 g/mol. The second-order valence-electron chi connectivity index (χ2n) is 6.60. The molecule has 0 radical (unpaired) electrons. The van der Waals surface area contributed by atoms with E-state index in [0.29, 0.717) is 12.3 Å². The Kier molecular flexibility index (Phi) is 5.47. The number of fused-ring (bicyclic) bond motifs is 1. The lowest BCUT2D eigenvalue weighted by molar-refractivity contribution is 0.0919. The van der Waals surface area contributed by atoms with Crippen molar-refractivity contribution in [1.82, 2.24) is 5.32 Å². The van der Waals surface area contributed by atoms with Gasteiger partial charge in [0.25, 0.3) is 5.91 Å². The van der Waals surface area contributed by atoms with Gasteiger partial charge in [-0.1, -0.05) is 42.5 Å². The minimum absolute atomic E-state index is 0.251. The highest BCUT2D eigenvalue weighted by molar-refractivity contribution is 5.91. The van der Waals surface area contributed by atoms with Crippen LogP contribution in [-0.4, -0.2) is 13.0 Å². The fourth-order valence-electron chi connectivity index (χ4n) is 3.04. The lowest BCUT2D eigenvalue weighted by Crippen LogP contribution is -2.22. The van der Waals surface area contributed by atoms with E-state index in [4.69, 9.17) is 13.9 Å². The standard InChI is InChI=1S/C24H21NO4/c1-27-20-8-4-5-17(13-20)15-25-24(26)23-12-11-22(29-23)16-28-21-10-9-18-6-2-3-7-19(18)14-21/h2-14H,15-16H2,1H3,(H,25,26). The molecule has 5 heteroatoms. The molecule has 1 aromatic heterocycles. The van der Waals surface area contributed by atoms with Crippen molar-refractivity contribution in [2.24, 2.45) is 0 Å². The lowest BCUT2D eigenvalue weighted by Gasteiger charge is -2.06. The molecule has 0 saturated carbocycles. The summed E-state index contributed by atoms with van der Waals surface area (Å²) in [5.74, 6) is 2.08. The van der Waals surface area contributed by atoms with Gasteiger partial charge in [0.15, 0.2) is 5.76 Å². The van der Waals surface area contributed by atoms with Crippen LogP contribution in [0.2, 0.25) is 0 Å². The van der Waals surface area contributed by atoms with Crippen LogP contribution in [-0.2, 0) is 13.2 Å². The molecule has 1 amide bonds. The summed E-state index contributed by atoms with van der Waals surface area (Å²) in [6.45, 7) is 0.640. The van der Waals surface area contributed by atoms with E-state index in [2.05, 4.69) is 11.4 Å². The molecule has 0 unspecified atom stereocenters. The highest BCUT2D eigenvalue weighted by Gasteiger charge is 2.11. The van der Waals surface area contributed by atoms with Gasteiger partial charge in [0.05, 0.1) is 7.11 Å². The van der Waals surface area contributed by atoms with E-state index in [9.17, 15) is 4.79 Å². The third-order valence-electron chi connectivity index (χ3n) is 4.57. The summed E-state index contributed by atoms with van der Waals surface area (Å²) >= 11 is 0. The summed E-state index contributed by atoms with van der Waals surface area (Å²) < 4.78 is 16.6. The average Bonchev–Trinajstić information content (AvgIpc) is 3.25. The van der Waals surface area contributed by atoms with Crippen LogP contribution in [0.25, 0.3) is 10.8 Å². The maximum Gasteiger partial charge on any atom is 0.287 e. The SMILES string of the molecule is COc1cccc(CNC(=O)c2ccc(COc3ccc4ccccc4c3)o2)c1. The average molecular weight is 387 g/mol. The monoisotopic (exact) mass is 387 g/mol. The van der Waals surface area contributed by atoms with Crippen molar-refractivity contribution in [3.05, 3.63) is 95.9 Å². The molecule has 0 aliphatic rings. The van der Waals surface area contributed by atoms with Crippen molar-refractivity contribution in [2.45, 2.75) is 13.2 Å². The molecule has 0 fully saturated rings. The van der Waals surface area contributed by atoms with Crippen LogP contribution in [0.1, 0.15) is 21.9 Å². The zero-order chi connectivity index (χ0) is 20.1. The molecule has 5 nitrogen and oxygen atoms in total. The molecule has 1 heterocycles. The van der Waals surface area contributed by atoms with Crippen molar-refractivity contribution in [2.75, 3.05) is 7.11 Å². The molecule has 1 N–H and O–H groups in total. The van der Waals surface area contributed by atoms with Crippen molar-refractivity contribution >= 4 is 16.7 Å². The topological polar surface area (TPSA) is 60.7 Å². The summed E-state index contributed by atoms with van der Waals surface area (Å²) in [5, 5.41) is 5.12. The molecule has 0 aliphatic heterocycles. The van der Waals surface area contributed by atoms with Gasteiger partial charge in [0.1, 0.15) is 23.9 Å². The number of rotatable bonds is 7. The largest absolute Gasteiger partial charge is 0.497 e. The quantitative estimate of drug-likeness (QED) is 0.487. The summed E-state index contributed by atoms with van der Waals surface area (Å²) in [6.07, 6.45) is 0. The van der Waals surface area contributed by atoms with Gasteiger partial charge in [-0.2, -0.15) is 0 Å². The Balaban J connectivity index is 1.34. The van der Waals surface area contributed by atoms with Crippen LogP contribution in [0.5, 0.6) is 11.5 Å². The number of furan rings is 1. The third kappa shape index (κ3) is 4.58. The van der Waals surface area contributed by atoms with Gasteiger partial charge in [-0.3, -0.25) is 4.79 Å². The molecule has 3 aromatic carbocycles. The van der Waals surface area contributed by atoms with E-state index in [1.807, 2.05) is 60.7 Å². The van der Waals surface area contributed by atoms with Crippen molar-refractivity contribution in [1.29, 1.82) is 0 Å². The highest BCUT2D eigenvalue weighted by atomic mass is 16.5. The Morgan fingerprint density at radius 1 is 0.897 bits per heavy atom. The second kappa shape index (κ2) is 8.52. The van der Waals surface area contributed by atoms with Crippen LogP contribution in [0.4, 0.5) is 0 Å². The zero-order valence-corrected chi connectivity index (χ0v) is 16.1. The molecular formula is C24H21NO4. The fourth-order valence-corrected chi connectivity index (χ4v) is 3.04. The Bertz CT molecular complexity index is 1130. The molecule has 0 bridgehead atoms. The predicted octanol–water partition coefficient (Wildman–Crippen LogP) is 4.95. The van der Waals surface area contributed by atoms with Gasteiger partial charge in [0, 0.05) is 6.54 Å². The Morgan fingerprint density at radius 3 is 2.62 bits per heavy atom. The van der Waals surface area contributed by atoms with E-state index >= 15 is 0 Å². The van der Waals surface area contributed by atoms with Crippen molar-refractivity contribution < 1.29 is 18.7 Å². The Hall–Kier alpha value is -3.73. The number of benzene rings is 3. The first kappa shape index (κ1) is 18.6. The molecule has 4 aromatic rings. The first-order valence-electron chi connectivity index (χ1n) is 9.33. The first-order valence-corrected chi connectivity index (χ1v) is 9.33. The maximum atomic E-state index is 12.3. The van der Waals surface area contributed by atoms with E-state index < -0.39 is 0 Å². The van der Waals surface area contributed by atoms with Crippen LogP contribution in [0.3, 0.4) is 0 Å². The van der Waals surface area contributed by atoms with Gasteiger partial charge < -0.3 is 19.2 Å². The molecule has 0 saturated heterocycles. The molecule has 0 atom stereocenters. The second-order valence-corrected chi connectivity index (χ2v) is 6.60. The minimum atomic E-state index is -0.273. The molecule has 29 heavy (non-hydrogen) atoms. The molecule has 4 rings (SSSR count). The van der Waals surface area contributed by atoms with Crippen LogP contribution in [0.15, 0.2) is 83.3 Å². The normalized spacial score (nSPS) is 10.7. The summed E-state index contributed by atoms with van der Waals surface area (Å²) in [5.41, 5.74) is 0.948. The fraction of sp³-hybridized carbons (Fsp3) is 0.125. The Labute approximate surface area is 168 Å².